The Bertz CT molecular complexity index is 1330. The van der Waals surface area contributed by atoms with Crippen LogP contribution in [-0.2, 0) is 4.79 Å². The van der Waals surface area contributed by atoms with Crippen LogP contribution < -0.4 is 4.74 Å². The smallest absolute Gasteiger partial charge is 0.183 e. The third-order valence-corrected chi connectivity index (χ3v) is 6.04. The van der Waals surface area contributed by atoms with Crippen molar-refractivity contribution < 1.29 is 14.3 Å². The van der Waals surface area contributed by atoms with E-state index >= 15 is 0 Å². The summed E-state index contributed by atoms with van der Waals surface area (Å²) >= 11 is 0. The third-order valence-electron chi connectivity index (χ3n) is 6.04. The van der Waals surface area contributed by atoms with E-state index in [9.17, 15) is 9.59 Å². The number of ketones is 2. The van der Waals surface area contributed by atoms with Gasteiger partial charge in [0.2, 0.25) is 0 Å². The van der Waals surface area contributed by atoms with Crippen LogP contribution in [0.1, 0.15) is 94.4 Å². The molecule has 0 bridgehead atoms. The zero-order chi connectivity index (χ0) is 30.9. The van der Waals surface area contributed by atoms with Gasteiger partial charge in [-0.25, -0.2) is 9.50 Å². The molecule has 0 radical (unpaired) electrons. The van der Waals surface area contributed by atoms with Crippen LogP contribution in [0.25, 0.3) is 16.9 Å². The van der Waals surface area contributed by atoms with E-state index in [1.165, 1.54) is 17.5 Å². The summed E-state index contributed by atoms with van der Waals surface area (Å²) in [5.41, 5.74) is 6.71. The molecule has 0 amide bonds. The zero-order valence-corrected chi connectivity index (χ0v) is 26.7. The van der Waals surface area contributed by atoms with E-state index in [1.54, 1.807) is 23.9 Å². The normalized spacial score (nSPS) is 10.0. The quantitative estimate of drug-likeness (QED) is 0.211. The minimum absolute atomic E-state index is 0.0467. The van der Waals surface area contributed by atoms with Crippen molar-refractivity contribution in [2.45, 2.75) is 88.0 Å². The first-order chi connectivity index (χ1) is 19.5. The molecule has 4 rings (SSSR count). The van der Waals surface area contributed by atoms with Gasteiger partial charge in [0, 0.05) is 36.6 Å². The maximum Gasteiger partial charge on any atom is 0.183 e. The van der Waals surface area contributed by atoms with E-state index in [1.807, 2.05) is 58.9 Å². The first-order valence-corrected chi connectivity index (χ1v) is 14.6. The van der Waals surface area contributed by atoms with Crippen LogP contribution in [0.15, 0.2) is 60.8 Å². The molecule has 0 fully saturated rings. The minimum Gasteiger partial charge on any atom is -0.496 e. The van der Waals surface area contributed by atoms with Gasteiger partial charge in [-0.2, -0.15) is 5.10 Å². The lowest BCUT2D eigenvalue weighted by atomic mass is 10.1. The van der Waals surface area contributed by atoms with E-state index in [-0.39, 0.29) is 11.7 Å². The van der Waals surface area contributed by atoms with E-state index in [2.05, 4.69) is 62.0 Å². The SMILES string of the molecule is CCC.CCC(=O)C(C)C.CCCC(=O)c1cc2nccc(-c3ccc(C)c(OC)c3)n2n1.Cc1ccc(C)cc1. The maximum absolute atomic E-state index is 12.1. The van der Waals surface area contributed by atoms with E-state index in [4.69, 9.17) is 4.74 Å². The van der Waals surface area contributed by atoms with Crippen LogP contribution in [0.2, 0.25) is 0 Å². The molecule has 0 unspecified atom stereocenters. The molecule has 2 aromatic heterocycles. The Morgan fingerprint density at radius 1 is 0.878 bits per heavy atom. The Morgan fingerprint density at radius 2 is 1.46 bits per heavy atom. The summed E-state index contributed by atoms with van der Waals surface area (Å²) in [4.78, 5) is 26.9. The number of nitrogens with zero attached hydrogens (tertiary/aromatic N) is 3. The van der Waals surface area contributed by atoms with Crippen molar-refractivity contribution in [3.8, 4) is 17.0 Å². The highest BCUT2D eigenvalue weighted by Crippen LogP contribution is 2.27. The third kappa shape index (κ3) is 11.7. The minimum atomic E-state index is 0.0467. The van der Waals surface area contributed by atoms with E-state index in [0.717, 1.165) is 29.0 Å². The summed E-state index contributed by atoms with van der Waals surface area (Å²) in [7, 11) is 1.66. The Kier molecular flexibility index (Phi) is 15.9. The number of fused-ring (bicyclic) bond motifs is 1. The highest BCUT2D eigenvalue weighted by atomic mass is 16.5. The Morgan fingerprint density at radius 3 is 1.93 bits per heavy atom. The molecule has 0 saturated carbocycles. The van der Waals surface area contributed by atoms with Gasteiger partial charge in [0.15, 0.2) is 11.4 Å². The monoisotopic (exact) mass is 559 g/mol. The first-order valence-electron chi connectivity index (χ1n) is 14.6. The fourth-order valence-electron chi connectivity index (χ4n) is 3.63. The van der Waals surface area contributed by atoms with Crippen molar-refractivity contribution in [2.75, 3.05) is 7.11 Å². The summed E-state index contributed by atoms with van der Waals surface area (Å²) in [6.07, 6.45) is 4.96. The van der Waals surface area contributed by atoms with E-state index < -0.39 is 0 Å². The lowest BCUT2D eigenvalue weighted by Crippen LogP contribution is -2.03. The maximum atomic E-state index is 12.1. The summed E-state index contributed by atoms with van der Waals surface area (Å²) in [5.74, 6) is 1.44. The predicted octanol–water partition coefficient (Wildman–Crippen LogP) is 9.04. The molecular weight excluding hydrogens is 510 g/mol. The standard InChI is InChI=1S/C18H19N3O2.C8H10.C6H12O.C3H8/c1-4-5-16(22)14-11-18-19-9-8-15(21(18)20-14)13-7-6-12(2)17(10-13)23-3;1-7-3-5-8(2)6-4-7;1-4-6(7)5(2)3;1-3-2/h6-11H,4-5H2,1-3H3;3-6H,1-2H3;5H,4H2,1-3H3;3H2,1-2H3. The number of hydrogen-bond donors (Lipinski definition) is 0. The highest BCUT2D eigenvalue weighted by molar-refractivity contribution is 5.95. The summed E-state index contributed by atoms with van der Waals surface area (Å²) in [6, 6.07) is 18.1. The number of Topliss-reactive ketones (excluding diaryl/α,β-unsaturated/α-hetero) is 2. The molecule has 2 heterocycles. The van der Waals surface area contributed by atoms with Crippen LogP contribution in [0.5, 0.6) is 5.75 Å². The number of carbonyl (C=O) groups is 2. The summed E-state index contributed by atoms with van der Waals surface area (Å²) in [6.45, 7) is 18.2. The number of aryl methyl sites for hydroxylation is 3. The topological polar surface area (TPSA) is 73.6 Å². The second-order valence-electron chi connectivity index (χ2n) is 10.3. The van der Waals surface area contributed by atoms with Gasteiger partial charge in [0.05, 0.1) is 12.8 Å². The molecule has 0 aliphatic rings. The molecule has 4 aromatic rings. The number of rotatable bonds is 7. The predicted molar refractivity (Wildman–Crippen MR) is 171 cm³/mol. The molecule has 6 heteroatoms. The lowest BCUT2D eigenvalue weighted by molar-refractivity contribution is -0.121. The molecular formula is C35H49N3O3. The zero-order valence-electron chi connectivity index (χ0n) is 26.7. The number of methoxy groups -OCH3 is 1. The first kappa shape index (κ1) is 35.2. The number of carbonyl (C=O) groups excluding carboxylic acids is 2. The summed E-state index contributed by atoms with van der Waals surface area (Å²) in [5, 5.41) is 4.45. The Labute approximate surface area is 247 Å². The van der Waals surface area contributed by atoms with Crippen LogP contribution in [0.3, 0.4) is 0 Å². The molecule has 0 atom stereocenters. The number of benzene rings is 2. The van der Waals surface area contributed by atoms with Gasteiger partial charge >= 0.3 is 0 Å². The van der Waals surface area contributed by atoms with Crippen LogP contribution >= 0.6 is 0 Å². The van der Waals surface area contributed by atoms with Gasteiger partial charge in [-0.15, -0.1) is 0 Å². The van der Waals surface area contributed by atoms with Gasteiger partial charge < -0.3 is 4.74 Å². The molecule has 222 valence electrons. The van der Waals surface area contributed by atoms with Crippen molar-refractivity contribution in [1.82, 2.24) is 14.6 Å². The van der Waals surface area contributed by atoms with E-state index in [0.29, 0.717) is 30.0 Å². The molecule has 0 saturated heterocycles. The van der Waals surface area contributed by atoms with Crippen LogP contribution in [0, 0.1) is 26.7 Å². The second kappa shape index (κ2) is 18.5. The summed E-state index contributed by atoms with van der Waals surface area (Å²) < 4.78 is 7.11. The molecule has 0 aliphatic heterocycles. The Balaban J connectivity index is 0.000000381. The molecule has 2 aromatic carbocycles. The van der Waals surface area contributed by atoms with Crippen molar-refractivity contribution in [1.29, 1.82) is 0 Å². The average Bonchev–Trinajstić information content (AvgIpc) is 3.41. The van der Waals surface area contributed by atoms with Crippen molar-refractivity contribution in [2.24, 2.45) is 5.92 Å². The largest absolute Gasteiger partial charge is 0.496 e. The fourth-order valence-corrected chi connectivity index (χ4v) is 3.63. The molecule has 6 nitrogen and oxygen atoms in total. The molecule has 41 heavy (non-hydrogen) atoms. The van der Waals surface area contributed by atoms with Gasteiger partial charge in [0.1, 0.15) is 17.2 Å². The highest BCUT2D eigenvalue weighted by Gasteiger charge is 2.14. The van der Waals surface area contributed by atoms with Crippen LogP contribution in [0.4, 0.5) is 0 Å². The van der Waals surface area contributed by atoms with Gasteiger partial charge in [0.25, 0.3) is 0 Å². The number of aromatic nitrogens is 3. The van der Waals surface area contributed by atoms with Crippen molar-refractivity contribution >= 4 is 17.2 Å². The molecule has 0 N–H and O–H groups in total. The molecule has 0 spiro atoms. The van der Waals surface area contributed by atoms with Crippen molar-refractivity contribution in [3.05, 3.63) is 83.2 Å². The van der Waals surface area contributed by atoms with Crippen LogP contribution in [-0.4, -0.2) is 33.3 Å². The Hall–Kier alpha value is -3.80. The van der Waals surface area contributed by atoms with Crippen molar-refractivity contribution in [3.63, 3.8) is 0 Å². The lowest BCUT2D eigenvalue weighted by Gasteiger charge is -2.09. The van der Waals surface area contributed by atoms with Gasteiger partial charge in [-0.05, 0) is 44.9 Å². The average molecular weight is 560 g/mol. The number of hydrogen-bond acceptors (Lipinski definition) is 5. The number of ether oxygens (including phenoxy) is 1. The van der Waals surface area contributed by atoms with Gasteiger partial charge in [-0.1, -0.05) is 95.5 Å². The van der Waals surface area contributed by atoms with Gasteiger partial charge in [-0.3, -0.25) is 9.59 Å². The molecule has 0 aliphatic carbocycles. The second-order valence-corrected chi connectivity index (χ2v) is 10.3. The fraction of sp³-hybridized carbons (Fsp3) is 0.429.